The lowest BCUT2D eigenvalue weighted by Gasteiger charge is -2.49. The fraction of sp³-hybridized carbons (Fsp3) is 0.556. The van der Waals surface area contributed by atoms with Crippen molar-refractivity contribution in [2.45, 2.75) is 17.7 Å². The van der Waals surface area contributed by atoms with Crippen LogP contribution in [0, 0.1) is 5.92 Å². The molecule has 0 bridgehead atoms. The standard InChI is InChI=1S/C18H23N5O5S/c1-27-9-8-23-7-3-15(21-23)16(24)22-12-18(13-22)14(4-10-29(18,25)26)11-28-17-19-5-2-6-20-17/h2-3,5-7,14H,4,8-13H2,1H3/t14-/m1/s1. The Morgan fingerprint density at radius 2 is 2.07 bits per heavy atom. The van der Waals surface area contributed by atoms with E-state index in [1.54, 1.807) is 42.5 Å². The normalized spacial score (nSPS) is 21.8. The first-order valence-electron chi connectivity index (χ1n) is 9.39. The Balaban J connectivity index is 1.42. The summed E-state index contributed by atoms with van der Waals surface area (Å²) in [6, 6.07) is 3.54. The molecular weight excluding hydrogens is 398 g/mol. The van der Waals surface area contributed by atoms with Crippen LogP contribution >= 0.6 is 0 Å². The van der Waals surface area contributed by atoms with Crippen molar-refractivity contribution in [3.05, 3.63) is 36.4 Å². The van der Waals surface area contributed by atoms with Crippen LogP contribution in [0.25, 0.3) is 0 Å². The monoisotopic (exact) mass is 421 g/mol. The van der Waals surface area contributed by atoms with Gasteiger partial charge in [-0.3, -0.25) is 9.48 Å². The van der Waals surface area contributed by atoms with Gasteiger partial charge in [-0.25, -0.2) is 18.4 Å². The second-order valence-electron chi connectivity index (χ2n) is 7.33. The zero-order valence-corrected chi connectivity index (χ0v) is 16.9. The minimum absolute atomic E-state index is 0.102. The molecule has 0 aromatic carbocycles. The highest BCUT2D eigenvalue weighted by Crippen LogP contribution is 2.45. The molecule has 2 saturated heterocycles. The number of carbonyl (C=O) groups is 1. The van der Waals surface area contributed by atoms with Crippen molar-refractivity contribution >= 4 is 15.7 Å². The minimum atomic E-state index is -3.32. The molecule has 1 spiro atoms. The van der Waals surface area contributed by atoms with Crippen molar-refractivity contribution < 1.29 is 22.7 Å². The second-order valence-corrected chi connectivity index (χ2v) is 9.78. The van der Waals surface area contributed by atoms with E-state index >= 15 is 0 Å². The maximum absolute atomic E-state index is 12.8. The molecule has 2 aliphatic rings. The summed E-state index contributed by atoms with van der Waals surface area (Å²) in [4.78, 5) is 22.3. The van der Waals surface area contributed by atoms with Gasteiger partial charge in [-0.2, -0.15) is 5.10 Å². The van der Waals surface area contributed by atoms with Crippen molar-refractivity contribution in [1.29, 1.82) is 0 Å². The van der Waals surface area contributed by atoms with Gasteiger partial charge in [0.2, 0.25) is 0 Å². The zero-order chi connectivity index (χ0) is 20.5. The van der Waals surface area contributed by atoms with Gasteiger partial charge in [0, 0.05) is 44.7 Å². The highest BCUT2D eigenvalue weighted by molar-refractivity contribution is 7.93. The lowest BCUT2D eigenvalue weighted by molar-refractivity contribution is 0.0397. The van der Waals surface area contributed by atoms with Crippen LogP contribution in [0.3, 0.4) is 0 Å². The molecule has 2 aliphatic heterocycles. The lowest BCUT2D eigenvalue weighted by atomic mass is 9.83. The summed E-state index contributed by atoms with van der Waals surface area (Å²) in [7, 11) is -1.72. The number of sulfone groups is 1. The molecule has 0 radical (unpaired) electrons. The average molecular weight is 421 g/mol. The molecule has 11 heteroatoms. The Labute approximate surface area is 168 Å². The zero-order valence-electron chi connectivity index (χ0n) is 16.1. The molecule has 2 aromatic heterocycles. The molecule has 4 heterocycles. The van der Waals surface area contributed by atoms with Crippen LogP contribution in [0.1, 0.15) is 16.9 Å². The van der Waals surface area contributed by atoms with Gasteiger partial charge in [0.15, 0.2) is 9.84 Å². The third kappa shape index (κ3) is 3.60. The predicted molar refractivity (Wildman–Crippen MR) is 102 cm³/mol. The number of likely N-dealkylation sites (tertiary alicyclic amines) is 1. The molecule has 29 heavy (non-hydrogen) atoms. The summed E-state index contributed by atoms with van der Waals surface area (Å²) < 4.78 is 36.8. The maximum Gasteiger partial charge on any atom is 0.316 e. The summed E-state index contributed by atoms with van der Waals surface area (Å²) >= 11 is 0. The van der Waals surface area contributed by atoms with Crippen LogP contribution in [0.2, 0.25) is 0 Å². The summed E-state index contributed by atoms with van der Waals surface area (Å²) in [6.07, 6.45) is 5.35. The summed E-state index contributed by atoms with van der Waals surface area (Å²) in [5, 5.41) is 4.25. The molecule has 1 atom stereocenters. The van der Waals surface area contributed by atoms with Gasteiger partial charge in [0.25, 0.3) is 5.91 Å². The molecule has 0 N–H and O–H groups in total. The SMILES string of the molecule is COCCn1ccc(C(=O)N2CC3(C2)[C@@H](COc2ncccn2)CCS3(=O)=O)n1. The number of nitrogens with zero attached hydrogens (tertiary/aromatic N) is 5. The predicted octanol–water partition coefficient (Wildman–Crippen LogP) is 0.0278. The van der Waals surface area contributed by atoms with Crippen LogP contribution < -0.4 is 4.74 Å². The van der Waals surface area contributed by atoms with E-state index < -0.39 is 14.6 Å². The Bertz CT molecular complexity index is 972. The van der Waals surface area contributed by atoms with Crippen molar-refractivity contribution in [2.75, 3.05) is 39.2 Å². The van der Waals surface area contributed by atoms with E-state index in [0.29, 0.717) is 25.3 Å². The molecule has 0 unspecified atom stereocenters. The third-order valence-corrected chi connectivity index (χ3v) is 8.25. The quantitative estimate of drug-likeness (QED) is 0.615. The molecule has 2 aromatic rings. The van der Waals surface area contributed by atoms with Gasteiger partial charge in [0.1, 0.15) is 10.4 Å². The highest BCUT2D eigenvalue weighted by Gasteiger charge is 2.62. The molecule has 0 saturated carbocycles. The summed E-state index contributed by atoms with van der Waals surface area (Å²) in [6.45, 7) is 1.55. The van der Waals surface area contributed by atoms with E-state index in [2.05, 4.69) is 15.1 Å². The molecule has 10 nitrogen and oxygen atoms in total. The third-order valence-electron chi connectivity index (χ3n) is 5.64. The fourth-order valence-corrected chi connectivity index (χ4v) is 6.33. The van der Waals surface area contributed by atoms with Crippen LogP contribution in [0.5, 0.6) is 6.01 Å². The van der Waals surface area contributed by atoms with Crippen molar-refractivity contribution in [1.82, 2.24) is 24.6 Å². The first kappa shape index (κ1) is 19.8. The number of hydrogen-bond acceptors (Lipinski definition) is 8. The Hall–Kier alpha value is -2.53. The van der Waals surface area contributed by atoms with Gasteiger partial charge in [0.05, 0.1) is 25.5 Å². The molecule has 2 fully saturated rings. The molecular formula is C18H23N5O5S. The number of methoxy groups -OCH3 is 1. The van der Waals surface area contributed by atoms with Gasteiger partial charge in [-0.1, -0.05) is 0 Å². The molecule has 4 rings (SSSR count). The Kier molecular flexibility index (Phi) is 5.26. The molecule has 0 aliphatic carbocycles. The van der Waals surface area contributed by atoms with E-state index in [1.807, 2.05) is 0 Å². The van der Waals surface area contributed by atoms with E-state index in [1.165, 1.54) is 4.90 Å². The van der Waals surface area contributed by atoms with Crippen LogP contribution in [-0.2, 0) is 21.1 Å². The van der Waals surface area contributed by atoms with Crippen molar-refractivity contribution in [2.24, 2.45) is 5.92 Å². The first-order chi connectivity index (χ1) is 13.9. The Morgan fingerprint density at radius 1 is 1.31 bits per heavy atom. The summed E-state index contributed by atoms with van der Waals surface area (Å²) in [5.74, 6) is -0.371. The number of hydrogen-bond donors (Lipinski definition) is 0. The second kappa shape index (κ2) is 7.71. The molecule has 1 amide bonds. The average Bonchev–Trinajstić information content (AvgIpc) is 3.26. The van der Waals surface area contributed by atoms with Gasteiger partial charge >= 0.3 is 6.01 Å². The van der Waals surface area contributed by atoms with Gasteiger partial charge in [-0.15, -0.1) is 0 Å². The topological polar surface area (TPSA) is 117 Å². The highest BCUT2D eigenvalue weighted by atomic mass is 32.2. The number of amides is 1. The van der Waals surface area contributed by atoms with Crippen molar-refractivity contribution in [3.8, 4) is 6.01 Å². The van der Waals surface area contributed by atoms with Crippen LogP contribution in [0.4, 0.5) is 0 Å². The van der Waals surface area contributed by atoms with Crippen LogP contribution in [-0.4, -0.2) is 82.9 Å². The van der Waals surface area contributed by atoms with Crippen molar-refractivity contribution in [3.63, 3.8) is 0 Å². The first-order valence-corrected chi connectivity index (χ1v) is 11.0. The minimum Gasteiger partial charge on any atom is -0.463 e. The maximum atomic E-state index is 12.8. The smallest absolute Gasteiger partial charge is 0.316 e. The fourth-order valence-electron chi connectivity index (χ4n) is 3.93. The number of ether oxygens (including phenoxy) is 2. The lowest BCUT2D eigenvalue weighted by Crippen LogP contribution is -2.69. The molecule has 156 valence electrons. The van der Waals surface area contributed by atoms with E-state index in [9.17, 15) is 13.2 Å². The Morgan fingerprint density at radius 3 is 2.79 bits per heavy atom. The largest absolute Gasteiger partial charge is 0.463 e. The van der Waals surface area contributed by atoms with Gasteiger partial charge in [-0.05, 0) is 18.6 Å². The number of carbonyl (C=O) groups excluding carboxylic acids is 1. The summed E-state index contributed by atoms with van der Waals surface area (Å²) in [5.41, 5.74) is 0.303. The van der Waals surface area contributed by atoms with E-state index in [4.69, 9.17) is 9.47 Å². The number of aromatic nitrogens is 4. The number of rotatable bonds is 7. The van der Waals surface area contributed by atoms with Gasteiger partial charge < -0.3 is 14.4 Å². The van der Waals surface area contributed by atoms with E-state index in [0.717, 1.165) is 0 Å². The van der Waals surface area contributed by atoms with Crippen LogP contribution in [0.15, 0.2) is 30.7 Å². The van der Waals surface area contributed by atoms with E-state index in [-0.39, 0.29) is 43.3 Å².